The molecule has 0 fully saturated rings. The fraction of sp³-hybridized carbons (Fsp3) is 0.0370. The highest BCUT2D eigenvalue weighted by Crippen LogP contribution is 2.42. The third-order valence-corrected chi connectivity index (χ3v) is 16.5. The van der Waals surface area contributed by atoms with Gasteiger partial charge in [-0.05, 0) is 204 Å². The lowest BCUT2D eigenvalue weighted by atomic mass is 9.98. The van der Waals surface area contributed by atoms with Crippen LogP contribution in [0.2, 0.25) is 0 Å². The number of benzene rings is 14. The maximum absolute atomic E-state index is 2.37. The summed E-state index contributed by atoms with van der Waals surface area (Å²) in [4.78, 5) is 4.67. The van der Waals surface area contributed by atoms with Crippen LogP contribution in [0.4, 0.5) is 34.1 Å². The van der Waals surface area contributed by atoms with E-state index in [1.54, 1.807) is 0 Å². The first-order valence-corrected chi connectivity index (χ1v) is 28.7. The Bertz CT molecular complexity index is 4610. The predicted octanol–water partition coefficient (Wildman–Crippen LogP) is 22.6. The van der Waals surface area contributed by atoms with Gasteiger partial charge in [-0.1, -0.05) is 242 Å². The van der Waals surface area contributed by atoms with Crippen molar-refractivity contribution in [1.82, 2.24) is 0 Å². The summed E-state index contributed by atoms with van der Waals surface area (Å²) in [5, 5.41) is 7.59. The third-order valence-electron chi connectivity index (χ3n) is 16.5. The molecule has 0 saturated heterocycles. The average molecular weight is 1060 g/mol. The largest absolute Gasteiger partial charge is 0.311 e. The van der Waals surface area contributed by atoms with E-state index in [-0.39, 0.29) is 0 Å². The van der Waals surface area contributed by atoms with Crippen LogP contribution >= 0.6 is 0 Å². The highest BCUT2D eigenvalue weighted by Gasteiger charge is 2.20. The molecule has 2 nitrogen and oxygen atoms in total. The summed E-state index contributed by atoms with van der Waals surface area (Å²) >= 11 is 0. The van der Waals surface area contributed by atoms with E-state index in [9.17, 15) is 0 Å². The highest BCUT2D eigenvalue weighted by atomic mass is 15.1. The Morgan fingerprint density at radius 1 is 0.217 bits per heavy atom. The number of hydrogen-bond acceptors (Lipinski definition) is 2. The molecule has 2 heteroatoms. The molecule has 15 rings (SSSR count). The van der Waals surface area contributed by atoms with Crippen molar-refractivity contribution in [1.29, 1.82) is 0 Å². The van der Waals surface area contributed by atoms with Gasteiger partial charge in [0.1, 0.15) is 0 Å². The van der Waals surface area contributed by atoms with Gasteiger partial charge in [-0.15, -0.1) is 0 Å². The van der Waals surface area contributed by atoms with Crippen LogP contribution in [0, 0.1) is 13.8 Å². The van der Waals surface area contributed by atoms with Gasteiger partial charge < -0.3 is 9.80 Å². The molecule has 0 N–H and O–H groups in total. The number of rotatable bonds is 10. The second-order valence-corrected chi connectivity index (χ2v) is 21.9. The molecule has 0 heterocycles. The Balaban J connectivity index is 0.000000148. The van der Waals surface area contributed by atoms with Crippen LogP contribution in [-0.4, -0.2) is 0 Å². The number of aryl methyl sites for hydroxylation is 2. The summed E-state index contributed by atoms with van der Waals surface area (Å²) in [5.41, 5.74) is 24.8. The Morgan fingerprint density at radius 3 is 1.05 bits per heavy atom. The number of anilines is 6. The van der Waals surface area contributed by atoms with Crippen molar-refractivity contribution in [2.24, 2.45) is 0 Å². The summed E-state index contributed by atoms with van der Waals surface area (Å²) in [5.74, 6) is 0. The van der Waals surface area contributed by atoms with Crippen molar-refractivity contribution in [3.63, 3.8) is 0 Å². The van der Waals surface area contributed by atoms with E-state index in [0.29, 0.717) is 0 Å². The minimum absolute atomic E-state index is 1.01. The van der Waals surface area contributed by atoms with Gasteiger partial charge in [0.2, 0.25) is 0 Å². The van der Waals surface area contributed by atoms with Gasteiger partial charge in [0.25, 0.3) is 0 Å². The van der Waals surface area contributed by atoms with Crippen molar-refractivity contribution in [2.75, 3.05) is 9.80 Å². The average Bonchev–Trinajstić information content (AvgIpc) is 4.13. The molecule has 0 spiro atoms. The monoisotopic (exact) mass is 1060 g/mol. The Hall–Kier alpha value is -10.5. The first-order chi connectivity index (χ1) is 40.9. The van der Waals surface area contributed by atoms with Crippen LogP contribution < -0.4 is 9.80 Å². The second-order valence-electron chi connectivity index (χ2n) is 21.9. The molecule has 83 heavy (non-hydrogen) atoms. The molecule has 0 aromatic heterocycles. The molecular weight excluding hydrogens is 1000 g/mol. The van der Waals surface area contributed by atoms with Gasteiger partial charge in [0.05, 0.1) is 0 Å². The van der Waals surface area contributed by atoms with Crippen LogP contribution in [0.3, 0.4) is 0 Å². The van der Waals surface area contributed by atoms with Crippen LogP contribution in [-0.2, 0) is 6.42 Å². The van der Waals surface area contributed by atoms with Crippen LogP contribution in [0.25, 0.3) is 88.0 Å². The number of fused-ring (bicyclic) bond motifs is 6. The van der Waals surface area contributed by atoms with Crippen LogP contribution in [0.1, 0.15) is 22.3 Å². The second kappa shape index (κ2) is 22.2. The van der Waals surface area contributed by atoms with Crippen molar-refractivity contribution in [3.8, 4) is 55.6 Å². The van der Waals surface area contributed by atoms with Gasteiger partial charge in [0, 0.05) is 34.1 Å². The fourth-order valence-electron chi connectivity index (χ4n) is 12.0. The maximum atomic E-state index is 2.37. The SMILES string of the molecule is Cc1ccc(N(c2ccc(-c3ccc4c(c3)Cc3ccccc3-4)cc2)c2ccc(-c3ccc4ccccc4c3)cc2)cc1.Cc1ccc(N(c2ccc(-c3ccc4ccccc4c3)cc2)c2ccc(-c3cccc4ccccc34)cc2)cc1. The molecule has 0 saturated carbocycles. The zero-order valence-corrected chi connectivity index (χ0v) is 46.6. The van der Waals surface area contributed by atoms with Crippen molar-refractivity contribution in [3.05, 3.63) is 338 Å². The molecule has 0 amide bonds. The zero-order valence-electron chi connectivity index (χ0n) is 46.6. The summed E-state index contributed by atoms with van der Waals surface area (Å²) in [6.45, 7) is 4.27. The van der Waals surface area contributed by atoms with Gasteiger partial charge in [0.15, 0.2) is 0 Å². The van der Waals surface area contributed by atoms with Crippen LogP contribution in [0.15, 0.2) is 315 Å². The lowest BCUT2D eigenvalue weighted by Gasteiger charge is -2.26. The Kier molecular flexibility index (Phi) is 13.5. The topological polar surface area (TPSA) is 6.48 Å². The summed E-state index contributed by atoms with van der Waals surface area (Å²) in [7, 11) is 0. The third kappa shape index (κ3) is 10.4. The summed E-state index contributed by atoms with van der Waals surface area (Å²) in [6.07, 6.45) is 1.01. The fourth-order valence-corrected chi connectivity index (χ4v) is 12.0. The number of nitrogens with zero attached hydrogens (tertiary/aromatic N) is 2. The summed E-state index contributed by atoms with van der Waals surface area (Å²) in [6, 6.07) is 115. The molecule has 0 atom stereocenters. The molecule has 1 aliphatic carbocycles. The van der Waals surface area contributed by atoms with Crippen molar-refractivity contribution < 1.29 is 0 Å². The Morgan fingerprint density at radius 2 is 0.554 bits per heavy atom. The Labute approximate surface area is 487 Å². The molecule has 0 bridgehead atoms. The molecule has 14 aromatic rings. The van der Waals surface area contributed by atoms with Gasteiger partial charge in [-0.25, -0.2) is 0 Å². The van der Waals surface area contributed by atoms with E-state index in [4.69, 9.17) is 0 Å². The van der Waals surface area contributed by atoms with Gasteiger partial charge in [-0.2, -0.15) is 0 Å². The predicted molar refractivity (Wildman–Crippen MR) is 354 cm³/mol. The zero-order chi connectivity index (χ0) is 55.6. The number of hydrogen-bond donors (Lipinski definition) is 0. The van der Waals surface area contributed by atoms with Gasteiger partial charge >= 0.3 is 0 Å². The minimum Gasteiger partial charge on any atom is -0.311 e. The normalized spacial score (nSPS) is 11.4. The van der Waals surface area contributed by atoms with E-state index < -0.39 is 0 Å². The standard InChI is InChI=1S/C42H31N.C39H29N/c1-29-10-19-38(20-11-29)43(39-21-14-31(15-22-39)34-13-12-30-6-2-3-7-33(30)26-34)40-23-16-32(17-24-40)35-18-25-42-37(27-35)28-36-8-4-5-9-41(36)42;1-28-13-21-35(22-14-28)40(36-23-17-30(18-24-36)34-16-15-29-7-2-3-9-33(29)27-34)37-25-19-32(20-26-37)39-12-6-10-31-8-4-5-11-38(31)39/h2-27H,28H2,1H3;2-27H,1H3. The lowest BCUT2D eigenvalue weighted by molar-refractivity contribution is 1.26. The van der Waals surface area contributed by atoms with Crippen molar-refractivity contribution >= 4 is 66.4 Å². The smallest absolute Gasteiger partial charge is 0.0462 e. The molecule has 0 unspecified atom stereocenters. The molecule has 14 aromatic carbocycles. The molecule has 0 radical (unpaired) electrons. The lowest BCUT2D eigenvalue weighted by Crippen LogP contribution is -2.09. The molecular formula is C81H60N2. The maximum Gasteiger partial charge on any atom is 0.0462 e. The van der Waals surface area contributed by atoms with E-state index in [2.05, 4.69) is 339 Å². The van der Waals surface area contributed by atoms with Gasteiger partial charge in [-0.3, -0.25) is 0 Å². The minimum atomic E-state index is 1.01. The van der Waals surface area contributed by atoms with E-state index in [1.807, 2.05) is 0 Å². The van der Waals surface area contributed by atoms with E-state index in [0.717, 1.165) is 40.5 Å². The van der Waals surface area contributed by atoms with Crippen LogP contribution in [0.5, 0.6) is 0 Å². The molecule has 1 aliphatic rings. The van der Waals surface area contributed by atoms with Crippen molar-refractivity contribution in [2.45, 2.75) is 20.3 Å². The molecule has 0 aliphatic heterocycles. The highest BCUT2D eigenvalue weighted by molar-refractivity contribution is 5.97. The first-order valence-electron chi connectivity index (χ1n) is 28.7. The quantitative estimate of drug-likeness (QED) is 0.135. The molecule has 394 valence electrons. The van der Waals surface area contributed by atoms with E-state index >= 15 is 0 Å². The summed E-state index contributed by atoms with van der Waals surface area (Å²) < 4.78 is 0. The van der Waals surface area contributed by atoms with E-state index in [1.165, 1.54) is 110 Å². The first kappa shape index (κ1) is 50.7.